The smallest absolute Gasteiger partial charge is 0.332 e. The standard InChI is InChI=1S/C20H31N3O2/c1-18(21)17-20(24)25-16-8-3-2-7-11-22-12-14-23(15-13-22)19-9-5-4-6-10-19/h4-6,9-10,17H,2-3,7-8,11-16,21H2,1H3/b18-17-. The van der Waals surface area contributed by atoms with Gasteiger partial charge in [-0.25, -0.2) is 4.79 Å². The molecule has 0 bridgehead atoms. The molecular formula is C20H31N3O2. The van der Waals surface area contributed by atoms with Crippen LogP contribution >= 0.6 is 0 Å². The van der Waals surface area contributed by atoms with Crippen LogP contribution in [0.4, 0.5) is 5.69 Å². The van der Waals surface area contributed by atoms with Gasteiger partial charge < -0.3 is 15.4 Å². The van der Waals surface area contributed by atoms with E-state index >= 15 is 0 Å². The van der Waals surface area contributed by atoms with Crippen LogP contribution in [0, 0.1) is 0 Å². The van der Waals surface area contributed by atoms with Gasteiger partial charge in [0.25, 0.3) is 0 Å². The van der Waals surface area contributed by atoms with Crippen molar-refractivity contribution < 1.29 is 9.53 Å². The van der Waals surface area contributed by atoms with E-state index in [4.69, 9.17) is 10.5 Å². The molecule has 25 heavy (non-hydrogen) atoms. The Morgan fingerprint density at radius 2 is 1.76 bits per heavy atom. The van der Waals surface area contributed by atoms with Crippen molar-refractivity contribution in [3.63, 3.8) is 0 Å². The first-order valence-corrected chi connectivity index (χ1v) is 9.28. The molecule has 138 valence electrons. The van der Waals surface area contributed by atoms with Crippen molar-refractivity contribution in [1.29, 1.82) is 0 Å². The van der Waals surface area contributed by atoms with Crippen molar-refractivity contribution in [2.75, 3.05) is 44.2 Å². The van der Waals surface area contributed by atoms with Gasteiger partial charge in [-0.3, -0.25) is 4.90 Å². The molecule has 0 saturated carbocycles. The molecule has 5 heteroatoms. The van der Waals surface area contributed by atoms with Crippen LogP contribution < -0.4 is 10.6 Å². The zero-order chi connectivity index (χ0) is 17.9. The van der Waals surface area contributed by atoms with Gasteiger partial charge in [0.2, 0.25) is 0 Å². The molecule has 5 nitrogen and oxygen atoms in total. The molecular weight excluding hydrogens is 314 g/mol. The Hall–Kier alpha value is -2.01. The van der Waals surface area contributed by atoms with Crippen LogP contribution in [0.1, 0.15) is 32.6 Å². The van der Waals surface area contributed by atoms with Gasteiger partial charge in [-0.15, -0.1) is 0 Å². The average Bonchev–Trinajstić information content (AvgIpc) is 2.61. The fourth-order valence-corrected chi connectivity index (χ4v) is 3.06. The number of rotatable bonds is 9. The van der Waals surface area contributed by atoms with E-state index in [1.165, 1.54) is 24.6 Å². The zero-order valence-corrected chi connectivity index (χ0v) is 15.3. The zero-order valence-electron chi connectivity index (χ0n) is 15.3. The first-order valence-electron chi connectivity index (χ1n) is 9.28. The SMILES string of the molecule is C/C(N)=C/C(=O)OCCCCCCN1CCN(c2ccccc2)CC1. The summed E-state index contributed by atoms with van der Waals surface area (Å²) in [5.41, 5.74) is 7.24. The number of allylic oxidation sites excluding steroid dienone is 1. The first kappa shape index (κ1) is 19.3. The Balaban J connectivity index is 1.48. The van der Waals surface area contributed by atoms with Gasteiger partial charge in [-0.2, -0.15) is 0 Å². The van der Waals surface area contributed by atoms with E-state index in [1.54, 1.807) is 6.92 Å². The summed E-state index contributed by atoms with van der Waals surface area (Å²) in [6, 6.07) is 10.6. The maximum atomic E-state index is 11.3. The first-order chi connectivity index (χ1) is 12.1. The molecule has 0 spiro atoms. The Morgan fingerprint density at radius 3 is 2.44 bits per heavy atom. The molecule has 0 atom stereocenters. The molecule has 0 aliphatic carbocycles. The minimum absolute atomic E-state index is 0.337. The summed E-state index contributed by atoms with van der Waals surface area (Å²) in [5, 5.41) is 0. The molecule has 1 aliphatic rings. The quantitative estimate of drug-likeness (QED) is 0.424. The third-order valence-electron chi connectivity index (χ3n) is 4.45. The minimum Gasteiger partial charge on any atom is -0.462 e. The van der Waals surface area contributed by atoms with Gasteiger partial charge in [0.1, 0.15) is 0 Å². The second kappa shape index (κ2) is 10.8. The summed E-state index contributed by atoms with van der Waals surface area (Å²) in [6.45, 7) is 7.81. The lowest BCUT2D eigenvalue weighted by Gasteiger charge is -2.36. The van der Waals surface area contributed by atoms with Gasteiger partial charge in [0, 0.05) is 43.6 Å². The summed E-state index contributed by atoms with van der Waals surface area (Å²) >= 11 is 0. The van der Waals surface area contributed by atoms with E-state index in [0.717, 1.165) is 45.6 Å². The van der Waals surface area contributed by atoms with Crippen molar-refractivity contribution in [3.05, 3.63) is 42.1 Å². The van der Waals surface area contributed by atoms with Crippen LogP contribution in [-0.2, 0) is 9.53 Å². The number of unbranched alkanes of at least 4 members (excludes halogenated alkanes) is 3. The number of carbonyl (C=O) groups is 1. The van der Waals surface area contributed by atoms with Gasteiger partial charge >= 0.3 is 5.97 Å². The maximum absolute atomic E-state index is 11.3. The number of nitrogens with zero attached hydrogens (tertiary/aromatic N) is 2. The molecule has 0 aromatic heterocycles. The molecule has 2 N–H and O–H groups in total. The van der Waals surface area contributed by atoms with Crippen LogP contribution in [0.3, 0.4) is 0 Å². The van der Waals surface area contributed by atoms with E-state index in [0.29, 0.717) is 12.3 Å². The van der Waals surface area contributed by atoms with Gasteiger partial charge in [-0.05, 0) is 38.4 Å². The Bertz CT molecular complexity index is 533. The number of para-hydroxylation sites is 1. The second-order valence-electron chi connectivity index (χ2n) is 6.63. The van der Waals surface area contributed by atoms with Crippen LogP contribution in [0.25, 0.3) is 0 Å². The molecule has 1 fully saturated rings. The number of piperazine rings is 1. The van der Waals surface area contributed by atoms with Crippen LogP contribution in [-0.4, -0.2) is 50.2 Å². The highest BCUT2D eigenvalue weighted by molar-refractivity contribution is 5.82. The highest BCUT2D eigenvalue weighted by Gasteiger charge is 2.16. The molecule has 2 rings (SSSR count). The molecule has 0 unspecified atom stereocenters. The van der Waals surface area contributed by atoms with E-state index in [2.05, 4.69) is 40.1 Å². The fourth-order valence-electron chi connectivity index (χ4n) is 3.06. The lowest BCUT2D eigenvalue weighted by molar-refractivity contribution is -0.137. The van der Waals surface area contributed by atoms with Crippen molar-refractivity contribution in [3.8, 4) is 0 Å². The third kappa shape index (κ3) is 7.61. The molecule has 1 aromatic rings. The fraction of sp³-hybridized carbons (Fsp3) is 0.550. The average molecular weight is 345 g/mol. The highest BCUT2D eigenvalue weighted by atomic mass is 16.5. The number of carbonyl (C=O) groups excluding carboxylic acids is 1. The number of anilines is 1. The summed E-state index contributed by atoms with van der Waals surface area (Å²) in [6.07, 6.45) is 5.74. The predicted octanol–water partition coefficient (Wildman–Crippen LogP) is 2.77. The lowest BCUT2D eigenvalue weighted by atomic mass is 10.2. The van der Waals surface area contributed by atoms with Crippen molar-refractivity contribution >= 4 is 11.7 Å². The summed E-state index contributed by atoms with van der Waals surface area (Å²) in [5.74, 6) is -0.337. The van der Waals surface area contributed by atoms with E-state index < -0.39 is 0 Å². The predicted molar refractivity (Wildman–Crippen MR) is 102 cm³/mol. The molecule has 1 saturated heterocycles. The Labute approximate surface area is 151 Å². The normalized spacial score (nSPS) is 16.0. The molecule has 0 amide bonds. The van der Waals surface area contributed by atoms with Crippen LogP contribution in [0.2, 0.25) is 0 Å². The van der Waals surface area contributed by atoms with Crippen molar-refractivity contribution in [2.45, 2.75) is 32.6 Å². The number of esters is 1. The number of nitrogens with two attached hydrogens (primary N) is 1. The number of ether oxygens (including phenoxy) is 1. The Morgan fingerprint density at radius 1 is 1.08 bits per heavy atom. The summed E-state index contributed by atoms with van der Waals surface area (Å²) in [7, 11) is 0. The third-order valence-corrected chi connectivity index (χ3v) is 4.45. The van der Waals surface area contributed by atoms with Gasteiger partial charge in [0.15, 0.2) is 0 Å². The lowest BCUT2D eigenvalue weighted by Crippen LogP contribution is -2.46. The van der Waals surface area contributed by atoms with Crippen molar-refractivity contribution in [1.82, 2.24) is 4.90 Å². The minimum atomic E-state index is -0.337. The maximum Gasteiger partial charge on any atom is 0.332 e. The highest BCUT2D eigenvalue weighted by Crippen LogP contribution is 2.15. The monoisotopic (exact) mass is 345 g/mol. The second-order valence-corrected chi connectivity index (χ2v) is 6.63. The van der Waals surface area contributed by atoms with E-state index in [-0.39, 0.29) is 5.97 Å². The van der Waals surface area contributed by atoms with Crippen molar-refractivity contribution in [2.24, 2.45) is 5.73 Å². The molecule has 0 radical (unpaired) electrons. The number of hydrogen-bond donors (Lipinski definition) is 1. The van der Waals surface area contributed by atoms with Crippen LogP contribution in [0.5, 0.6) is 0 Å². The van der Waals surface area contributed by atoms with E-state index in [9.17, 15) is 4.79 Å². The van der Waals surface area contributed by atoms with Gasteiger partial charge in [-0.1, -0.05) is 31.0 Å². The topological polar surface area (TPSA) is 58.8 Å². The Kier molecular flexibility index (Phi) is 8.32. The van der Waals surface area contributed by atoms with Gasteiger partial charge in [0.05, 0.1) is 6.61 Å². The molecule has 1 heterocycles. The number of hydrogen-bond acceptors (Lipinski definition) is 5. The molecule has 1 aliphatic heterocycles. The summed E-state index contributed by atoms with van der Waals surface area (Å²) in [4.78, 5) is 16.3. The summed E-state index contributed by atoms with van der Waals surface area (Å²) < 4.78 is 5.09. The van der Waals surface area contributed by atoms with E-state index in [1.807, 2.05) is 0 Å². The molecule has 1 aromatic carbocycles. The van der Waals surface area contributed by atoms with Crippen LogP contribution in [0.15, 0.2) is 42.1 Å². The largest absolute Gasteiger partial charge is 0.462 e. The number of benzene rings is 1.